The average molecular weight is 254 g/mol. The number of halogens is 1. The molecule has 0 radical (unpaired) electrons. The molecule has 0 atom stereocenters. The van der Waals surface area contributed by atoms with Crippen molar-refractivity contribution in [3.8, 4) is 0 Å². The van der Waals surface area contributed by atoms with Gasteiger partial charge in [0.1, 0.15) is 0 Å². The van der Waals surface area contributed by atoms with Crippen LogP contribution in [0.3, 0.4) is 0 Å². The third-order valence-electron chi connectivity index (χ3n) is 2.19. The Kier molecular flexibility index (Phi) is 3.74. The number of nitrogens with zero attached hydrogens (tertiary/aromatic N) is 1. The second kappa shape index (κ2) is 5.27. The molecule has 0 amide bonds. The summed E-state index contributed by atoms with van der Waals surface area (Å²) in [6.07, 6.45) is 3.75. The van der Waals surface area contributed by atoms with Crippen LogP contribution in [0.25, 0.3) is 0 Å². The number of hydrogen-bond acceptors (Lipinski definition) is 3. The molecule has 3 nitrogen and oxygen atoms in total. The van der Waals surface area contributed by atoms with Gasteiger partial charge < -0.3 is 5.32 Å². The first-order valence-corrected chi connectivity index (χ1v) is 6.45. The quantitative estimate of drug-likeness (QED) is 0.821. The van der Waals surface area contributed by atoms with Crippen LogP contribution < -0.4 is 5.32 Å². The smallest absolute Gasteiger partial charge is 0.0567 e. The molecule has 0 bridgehead atoms. The molecule has 1 heterocycles. The molecule has 0 aliphatic rings. The van der Waals surface area contributed by atoms with Gasteiger partial charge in [0.05, 0.1) is 17.3 Å². The number of aromatic nitrogens is 2. The summed E-state index contributed by atoms with van der Waals surface area (Å²) in [6.45, 7) is 0.717. The number of benzene rings is 1. The van der Waals surface area contributed by atoms with Crippen LogP contribution in [0.1, 0.15) is 5.69 Å². The van der Waals surface area contributed by atoms with E-state index in [1.54, 1.807) is 18.0 Å². The molecule has 0 aliphatic heterocycles. The van der Waals surface area contributed by atoms with Gasteiger partial charge in [-0.05, 0) is 30.5 Å². The molecule has 5 heteroatoms. The maximum atomic E-state index is 6.11. The van der Waals surface area contributed by atoms with Crippen molar-refractivity contribution in [3.05, 3.63) is 41.2 Å². The van der Waals surface area contributed by atoms with E-state index < -0.39 is 0 Å². The van der Waals surface area contributed by atoms with Crippen molar-refractivity contribution in [2.75, 3.05) is 11.6 Å². The second-order valence-electron chi connectivity index (χ2n) is 3.28. The summed E-state index contributed by atoms with van der Waals surface area (Å²) >= 11 is 7.75. The Hall–Kier alpha value is -1.13. The van der Waals surface area contributed by atoms with E-state index in [0.29, 0.717) is 0 Å². The molecule has 0 saturated heterocycles. The van der Waals surface area contributed by atoms with E-state index in [4.69, 9.17) is 11.6 Å². The van der Waals surface area contributed by atoms with E-state index in [0.717, 1.165) is 27.8 Å². The molecule has 0 saturated carbocycles. The SMILES string of the molecule is CSc1ccc(NCc2ccn[nH]2)cc1Cl. The largest absolute Gasteiger partial charge is 0.379 e. The lowest BCUT2D eigenvalue weighted by molar-refractivity contribution is 0.981. The fourth-order valence-electron chi connectivity index (χ4n) is 1.36. The number of thioether (sulfide) groups is 1. The van der Waals surface area contributed by atoms with E-state index in [9.17, 15) is 0 Å². The third-order valence-corrected chi connectivity index (χ3v) is 3.41. The summed E-state index contributed by atoms with van der Waals surface area (Å²) in [7, 11) is 0. The number of anilines is 1. The van der Waals surface area contributed by atoms with Gasteiger partial charge in [-0.25, -0.2) is 0 Å². The van der Waals surface area contributed by atoms with Crippen molar-refractivity contribution >= 4 is 29.1 Å². The standard InChI is InChI=1S/C11H12ClN3S/c1-16-11-3-2-8(6-10(11)12)13-7-9-4-5-14-15-9/h2-6,13H,7H2,1H3,(H,14,15). The highest BCUT2D eigenvalue weighted by molar-refractivity contribution is 7.98. The number of nitrogens with one attached hydrogen (secondary N) is 2. The minimum Gasteiger partial charge on any atom is -0.379 e. The molecule has 2 N–H and O–H groups in total. The van der Waals surface area contributed by atoms with Gasteiger partial charge in [0, 0.05) is 16.8 Å². The first-order chi connectivity index (χ1) is 7.79. The summed E-state index contributed by atoms with van der Waals surface area (Å²) in [5, 5.41) is 10.8. The van der Waals surface area contributed by atoms with Gasteiger partial charge >= 0.3 is 0 Å². The van der Waals surface area contributed by atoms with Crippen molar-refractivity contribution in [2.45, 2.75) is 11.4 Å². The lowest BCUT2D eigenvalue weighted by Crippen LogP contribution is -1.99. The van der Waals surface area contributed by atoms with Gasteiger partial charge in [-0.1, -0.05) is 11.6 Å². The minimum atomic E-state index is 0.717. The van der Waals surface area contributed by atoms with E-state index in [1.165, 1.54) is 0 Å². The van der Waals surface area contributed by atoms with Crippen molar-refractivity contribution in [2.24, 2.45) is 0 Å². The molecule has 2 rings (SSSR count). The molecule has 0 unspecified atom stereocenters. The van der Waals surface area contributed by atoms with Crippen LogP contribution in [-0.2, 0) is 6.54 Å². The van der Waals surface area contributed by atoms with Crippen LogP contribution in [0.15, 0.2) is 35.4 Å². The molecular formula is C11H12ClN3S. The zero-order valence-electron chi connectivity index (χ0n) is 8.83. The van der Waals surface area contributed by atoms with E-state index in [2.05, 4.69) is 15.5 Å². The first-order valence-electron chi connectivity index (χ1n) is 4.85. The van der Waals surface area contributed by atoms with Crippen molar-refractivity contribution < 1.29 is 0 Å². The van der Waals surface area contributed by atoms with Crippen LogP contribution in [0.2, 0.25) is 5.02 Å². The predicted molar refractivity (Wildman–Crippen MR) is 69.1 cm³/mol. The van der Waals surface area contributed by atoms with E-state index >= 15 is 0 Å². The second-order valence-corrected chi connectivity index (χ2v) is 4.54. The highest BCUT2D eigenvalue weighted by Crippen LogP contribution is 2.27. The zero-order valence-corrected chi connectivity index (χ0v) is 10.4. The zero-order chi connectivity index (χ0) is 11.4. The number of aromatic amines is 1. The van der Waals surface area contributed by atoms with Crippen molar-refractivity contribution in [1.29, 1.82) is 0 Å². The van der Waals surface area contributed by atoms with Crippen LogP contribution in [0, 0.1) is 0 Å². The minimum absolute atomic E-state index is 0.717. The summed E-state index contributed by atoms with van der Waals surface area (Å²) in [5.74, 6) is 0. The average Bonchev–Trinajstić information content (AvgIpc) is 2.79. The Morgan fingerprint density at radius 1 is 1.44 bits per heavy atom. The number of H-pyrrole nitrogens is 1. The Labute approximate surface area is 104 Å². The van der Waals surface area contributed by atoms with Crippen LogP contribution in [0.5, 0.6) is 0 Å². The molecule has 16 heavy (non-hydrogen) atoms. The molecule has 0 fully saturated rings. The Bertz CT molecular complexity index is 456. The normalized spacial score (nSPS) is 10.4. The summed E-state index contributed by atoms with van der Waals surface area (Å²) in [6, 6.07) is 7.91. The summed E-state index contributed by atoms with van der Waals surface area (Å²) < 4.78 is 0. The summed E-state index contributed by atoms with van der Waals surface area (Å²) in [5.41, 5.74) is 2.06. The highest BCUT2D eigenvalue weighted by Gasteiger charge is 2.00. The monoisotopic (exact) mass is 253 g/mol. The van der Waals surface area contributed by atoms with Gasteiger partial charge in [0.25, 0.3) is 0 Å². The van der Waals surface area contributed by atoms with Gasteiger partial charge in [0.2, 0.25) is 0 Å². The van der Waals surface area contributed by atoms with Crippen LogP contribution in [-0.4, -0.2) is 16.5 Å². The number of hydrogen-bond donors (Lipinski definition) is 2. The van der Waals surface area contributed by atoms with Gasteiger partial charge in [-0.15, -0.1) is 11.8 Å². The van der Waals surface area contributed by atoms with Crippen molar-refractivity contribution in [1.82, 2.24) is 10.2 Å². The fourth-order valence-corrected chi connectivity index (χ4v) is 2.23. The van der Waals surface area contributed by atoms with Gasteiger partial charge in [-0.2, -0.15) is 5.10 Å². The van der Waals surface area contributed by atoms with Crippen LogP contribution in [0.4, 0.5) is 5.69 Å². The van der Waals surface area contributed by atoms with E-state index in [1.807, 2.05) is 30.5 Å². The fraction of sp³-hybridized carbons (Fsp3) is 0.182. The molecule has 84 valence electrons. The maximum absolute atomic E-state index is 6.11. The Morgan fingerprint density at radius 3 is 2.94 bits per heavy atom. The maximum Gasteiger partial charge on any atom is 0.0567 e. The topological polar surface area (TPSA) is 40.7 Å². The molecule has 1 aromatic heterocycles. The lowest BCUT2D eigenvalue weighted by Gasteiger charge is -2.07. The third kappa shape index (κ3) is 2.71. The molecule has 1 aromatic carbocycles. The summed E-state index contributed by atoms with van der Waals surface area (Å²) in [4.78, 5) is 1.09. The van der Waals surface area contributed by atoms with E-state index in [-0.39, 0.29) is 0 Å². The first kappa shape index (κ1) is 11.4. The predicted octanol–water partition coefficient (Wildman–Crippen LogP) is 3.40. The molecule has 0 aliphatic carbocycles. The molecular weight excluding hydrogens is 242 g/mol. The van der Waals surface area contributed by atoms with Gasteiger partial charge in [-0.3, -0.25) is 5.10 Å². The van der Waals surface area contributed by atoms with Crippen LogP contribution >= 0.6 is 23.4 Å². The number of rotatable bonds is 4. The van der Waals surface area contributed by atoms with Crippen molar-refractivity contribution in [3.63, 3.8) is 0 Å². The molecule has 0 spiro atoms. The highest BCUT2D eigenvalue weighted by atomic mass is 35.5. The Morgan fingerprint density at radius 2 is 2.31 bits per heavy atom. The van der Waals surface area contributed by atoms with Gasteiger partial charge in [0.15, 0.2) is 0 Å². The Balaban J connectivity index is 2.02. The lowest BCUT2D eigenvalue weighted by atomic mass is 10.3. The molecule has 2 aromatic rings.